The molecule has 2 heterocycles. The van der Waals surface area contributed by atoms with Crippen LogP contribution in [0.2, 0.25) is 5.02 Å². The third-order valence-corrected chi connectivity index (χ3v) is 9.96. The van der Waals surface area contributed by atoms with E-state index in [-0.39, 0.29) is 59.1 Å². The summed E-state index contributed by atoms with van der Waals surface area (Å²) in [6.45, 7) is 3.58. The molecule has 47 heavy (non-hydrogen) atoms. The fourth-order valence-corrected chi connectivity index (χ4v) is 7.21. The van der Waals surface area contributed by atoms with Crippen molar-refractivity contribution in [3.05, 3.63) is 81.9 Å². The second-order valence-electron chi connectivity index (χ2n) is 12.8. The summed E-state index contributed by atoms with van der Waals surface area (Å²) in [4.78, 5) is 13.0. The van der Waals surface area contributed by atoms with Gasteiger partial charge in [0.15, 0.2) is 23.5 Å². The molecule has 1 aliphatic carbocycles. The molecule has 2 atom stereocenters. The molecule has 1 unspecified atom stereocenters. The molecule has 252 valence electrons. The minimum Gasteiger partial charge on any atom is -0.488 e. The van der Waals surface area contributed by atoms with E-state index in [9.17, 15) is 4.79 Å². The lowest BCUT2D eigenvalue weighted by Gasteiger charge is -2.34. The number of benzene rings is 3. The van der Waals surface area contributed by atoms with Crippen molar-refractivity contribution in [3.8, 4) is 22.6 Å². The van der Waals surface area contributed by atoms with Crippen LogP contribution in [-0.2, 0) is 26.2 Å². The van der Waals surface area contributed by atoms with Gasteiger partial charge in [0.25, 0.3) is 0 Å². The lowest BCUT2D eigenvalue weighted by Crippen LogP contribution is -2.46. The van der Waals surface area contributed by atoms with Gasteiger partial charge in [0.2, 0.25) is 0 Å². The number of halogens is 3. The summed E-state index contributed by atoms with van der Waals surface area (Å²) >= 11 is 6.68. The zero-order valence-corrected chi connectivity index (χ0v) is 27.7. The Morgan fingerprint density at radius 3 is 2.53 bits per heavy atom. The first-order valence-electron chi connectivity index (χ1n) is 16.6. The fourth-order valence-electron chi connectivity index (χ4n) is 6.94. The molecule has 7 nitrogen and oxygen atoms in total. The lowest BCUT2D eigenvalue weighted by atomic mass is 9.84. The number of hydrogen-bond acceptors (Lipinski definition) is 7. The predicted octanol–water partition coefficient (Wildman–Crippen LogP) is 7.99. The second kappa shape index (κ2) is 14.9. The van der Waals surface area contributed by atoms with Gasteiger partial charge < -0.3 is 29.0 Å². The first-order chi connectivity index (χ1) is 22.8. The number of rotatable bonds is 11. The Morgan fingerprint density at radius 1 is 1.02 bits per heavy atom. The largest absolute Gasteiger partial charge is 0.488 e. The van der Waals surface area contributed by atoms with Crippen LogP contribution in [0.3, 0.4) is 0 Å². The molecule has 0 spiro atoms. The van der Waals surface area contributed by atoms with Gasteiger partial charge in [-0.05, 0) is 68.6 Å². The lowest BCUT2D eigenvalue weighted by molar-refractivity contribution is -0.165. The van der Waals surface area contributed by atoms with Gasteiger partial charge in [-0.25, -0.2) is 13.6 Å². The minimum absolute atomic E-state index is 0.0363. The van der Waals surface area contributed by atoms with Crippen molar-refractivity contribution in [2.45, 2.75) is 76.2 Å². The van der Waals surface area contributed by atoms with Crippen LogP contribution in [-0.4, -0.2) is 51.8 Å². The second-order valence-corrected chi connectivity index (χ2v) is 13.2. The Kier molecular flexibility index (Phi) is 10.7. The highest BCUT2D eigenvalue weighted by Crippen LogP contribution is 2.51. The summed E-state index contributed by atoms with van der Waals surface area (Å²) in [5.41, 5.74) is 0.203. The van der Waals surface area contributed by atoms with Crippen LogP contribution < -0.4 is 14.8 Å². The number of fused-ring (bicyclic) bond motifs is 1. The highest BCUT2D eigenvalue weighted by atomic mass is 35.5. The molecule has 3 aliphatic rings. The van der Waals surface area contributed by atoms with Crippen molar-refractivity contribution in [3.63, 3.8) is 0 Å². The molecule has 6 rings (SSSR count). The van der Waals surface area contributed by atoms with Gasteiger partial charge in [-0.15, -0.1) is 0 Å². The Morgan fingerprint density at radius 2 is 1.81 bits per heavy atom. The summed E-state index contributed by atoms with van der Waals surface area (Å²) in [5.74, 6) is -1.63. The molecule has 0 bridgehead atoms. The van der Waals surface area contributed by atoms with E-state index in [4.69, 9.17) is 35.3 Å². The number of nitrogens with one attached hydrogen (secondary N) is 1. The molecular weight excluding hydrogens is 628 g/mol. The topological polar surface area (TPSA) is 75.3 Å². The summed E-state index contributed by atoms with van der Waals surface area (Å²) < 4.78 is 61.0. The van der Waals surface area contributed by atoms with Crippen molar-refractivity contribution >= 4 is 17.6 Å². The number of carbonyl (C=O) groups is 1. The summed E-state index contributed by atoms with van der Waals surface area (Å²) in [5, 5.41) is 3.40. The molecule has 1 N–H and O–H groups in total. The van der Waals surface area contributed by atoms with Crippen molar-refractivity contribution in [2.24, 2.45) is 5.92 Å². The Hall–Kier alpha value is -3.24. The maximum absolute atomic E-state index is 16.6. The van der Waals surface area contributed by atoms with E-state index in [1.54, 1.807) is 0 Å². The molecule has 1 saturated heterocycles. The molecule has 0 radical (unpaired) electrons. The third kappa shape index (κ3) is 7.28. The number of esters is 1. The highest BCUT2D eigenvalue weighted by molar-refractivity contribution is 6.34. The zero-order chi connectivity index (χ0) is 33.0. The smallest absolute Gasteiger partial charge is 0.338 e. The molecular formula is C37H42ClF2NO6. The quantitative estimate of drug-likeness (QED) is 0.164. The van der Waals surface area contributed by atoms with Crippen LogP contribution in [0.25, 0.3) is 11.1 Å². The molecule has 10 heteroatoms. The summed E-state index contributed by atoms with van der Waals surface area (Å²) in [7, 11) is 1.21. The van der Waals surface area contributed by atoms with Gasteiger partial charge in [0, 0.05) is 48.4 Å². The Labute approximate surface area is 279 Å². The van der Waals surface area contributed by atoms with Crippen LogP contribution in [0.1, 0.15) is 73.4 Å². The maximum atomic E-state index is 16.6. The van der Waals surface area contributed by atoms with Gasteiger partial charge >= 0.3 is 5.97 Å². The van der Waals surface area contributed by atoms with E-state index in [0.717, 1.165) is 50.5 Å². The van der Waals surface area contributed by atoms with Crippen molar-refractivity contribution in [2.75, 3.05) is 33.5 Å². The minimum atomic E-state index is -0.924. The third-order valence-electron chi connectivity index (χ3n) is 9.59. The van der Waals surface area contributed by atoms with E-state index in [1.807, 2.05) is 30.3 Å². The van der Waals surface area contributed by atoms with Crippen LogP contribution in [0, 0.1) is 17.6 Å². The summed E-state index contributed by atoms with van der Waals surface area (Å²) in [6.07, 6.45) is 7.17. The molecule has 3 aromatic rings. The highest BCUT2D eigenvalue weighted by Gasteiger charge is 2.44. The monoisotopic (exact) mass is 669 g/mol. The fraction of sp³-hybridized carbons (Fsp3) is 0.486. The normalized spacial score (nSPS) is 24.0. The van der Waals surface area contributed by atoms with E-state index in [0.29, 0.717) is 30.7 Å². The Bertz CT molecular complexity index is 1560. The van der Waals surface area contributed by atoms with Gasteiger partial charge in [0.1, 0.15) is 18.2 Å². The Balaban J connectivity index is 1.35. The van der Waals surface area contributed by atoms with Crippen LogP contribution >= 0.6 is 11.6 Å². The summed E-state index contributed by atoms with van der Waals surface area (Å²) in [6, 6.07) is 14.1. The molecule has 2 fully saturated rings. The van der Waals surface area contributed by atoms with E-state index in [2.05, 4.69) is 12.2 Å². The van der Waals surface area contributed by atoms with Crippen molar-refractivity contribution < 1.29 is 37.3 Å². The van der Waals surface area contributed by atoms with Gasteiger partial charge in [-0.1, -0.05) is 48.9 Å². The van der Waals surface area contributed by atoms with Gasteiger partial charge in [-0.2, -0.15) is 0 Å². The average molecular weight is 670 g/mol. The van der Waals surface area contributed by atoms with Crippen molar-refractivity contribution in [1.82, 2.24) is 5.32 Å². The molecule has 0 amide bonds. The molecule has 1 saturated carbocycles. The molecule has 3 aromatic carbocycles. The van der Waals surface area contributed by atoms with Gasteiger partial charge in [-0.3, -0.25) is 0 Å². The standard InChI is InChI=1S/C37H42ClF2NO6/c1-23-11-13-25(14-12-23)41-22-37(24-8-4-3-5-9-24)21-27-30(47-37)20-28(39)34(38)32(27)33-26(36(42)43-2)15-16-29(35(33)40)44-18-19-46-31-10-6-7-17-45-31/h3-5,8-9,15-16,20,23,25,31,41H,6-7,10-14,17-19,21-22H2,1-2H3/t23-,25+,31?,37-/m1/s1. The average Bonchev–Trinajstić information content (AvgIpc) is 3.47. The number of methoxy groups -OCH3 is 1. The first kappa shape index (κ1) is 33.7. The first-order valence-corrected chi connectivity index (χ1v) is 16.9. The zero-order valence-electron chi connectivity index (χ0n) is 26.9. The van der Waals surface area contributed by atoms with Crippen LogP contribution in [0.5, 0.6) is 11.5 Å². The van der Waals surface area contributed by atoms with Gasteiger partial charge in [0.05, 0.1) is 24.3 Å². The van der Waals surface area contributed by atoms with E-state index in [1.165, 1.54) is 25.3 Å². The maximum Gasteiger partial charge on any atom is 0.338 e. The van der Waals surface area contributed by atoms with E-state index >= 15 is 8.78 Å². The number of ether oxygens (including phenoxy) is 5. The molecule has 2 aliphatic heterocycles. The van der Waals surface area contributed by atoms with Crippen LogP contribution in [0.15, 0.2) is 48.5 Å². The SMILES string of the molecule is COC(=O)c1ccc(OCCOC2CCCCO2)c(F)c1-c1c(Cl)c(F)cc2c1C[C@@](CN[C@H]1CC[C@@H](C)CC1)(c1ccccc1)O2. The number of hydrogen-bond donors (Lipinski definition) is 1. The van der Waals surface area contributed by atoms with E-state index < -0.39 is 23.2 Å². The van der Waals surface area contributed by atoms with Crippen LogP contribution in [0.4, 0.5) is 8.78 Å². The predicted molar refractivity (Wildman–Crippen MR) is 175 cm³/mol. The van der Waals surface area contributed by atoms with Crippen molar-refractivity contribution in [1.29, 1.82) is 0 Å². The molecule has 0 aromatic heterocycles. The number of carbonyl (C=O) groups excluding carboxylic acids is 1.